The molecule has 0 spiro atoms. The lowest BCUT2D eigenvalue weighted by molar-refractivity contribution is 0.415. The van der Waals surface area contributed by atoms with Gasteiger partial charge in [0, 0.05) is 23.9 Å². The highest BCUT2D eigenvalue weighted by Gasteiger charge is 2.20. The number of methoxy groups -OCH3 is 1. The molecule has 1 aromatic carbocycles. The number of hydrogen-bond donors (Lipinski definition) is 2. The van der Waals surface area contributed by atoms with Crippen LogP contribution in [0.5, 0.6) is 5.75 Å². The van der Waals surface area contributed by atoms with Crippen LogP contribution in [0, 0.1) is 5.92 Å². The summed E-state index contributed by atoms with van der Waals surface area (Å²) in [7, 11) is 1.62. The quantitative estimate of drug-likeness (QED) is 0.728. The van der Waals surface area contributed by atoms with E-state index in [1.807, 2.05) is 18.2 Å². The molecule has 23 heavy (non-hydrogen) atoms. The number of nitrogens with zero attached hydrogens (tertiary/aromatic N) is 1. The lowest BCUT2D eigenvalue weighted by atomic mass is 10.0. The molecular formula is C18H22ClN3O. The van der Waals surface area contributed by atoms with Crippen molar-refractivity contribution in [2.75, 3.05) is 24.7 Å². The van der Waals surface area contributed by atoms with Gasteiger partial charge in [-0.3, -0.25) is 0 Å². The Morgan fingerprint density at radius 2 is 2.13 bits per heavy atom. The minimum atomic E-state index is 0.613. The normalized spacial score (nSPS) is 13.8. The minimum Gasteiger partial charge on any atom is -0.497 e. The van der Waals surface area contributed by atoms with Gasteiger partial charge >= 0.3 is 0 Å². The van der Waals surface area contributed by atoms with E-state index >= 15 is 0 Å². The van der Waals surface area contributed by atoms with Crippen LogP contribution in [0.3, 0.4) is 0 Å². The Kier molecular flexibility index (Phi) is 4.91. The summed E-state index contributed by atoms with van der Waals surface area (Å²) in [4.78, 5) is 4.36. The van der Waals surface area contributed by atoms with E-state index in [1.54, 1.807) is 19.4 Å². The number of nitrogen functional groups attached to an aromatic ring is 1. The van der Waals surface area contributed by atoms with Crippen LogP contribution in [-0.4, -0.2) is 18.6 Å². The van der Waals surface area contributed by atoms with Crippen LogP contribution >= 0.6 is 11.6 Å². The number of ether oxygens (including phenoxy) is 1. The standard InChI is InChI=1S/C18H22ClN3O/c1-23-13-6-7-14(16(19)11-13)15-8-10-22-18(17(15)20)21-9-2-3-12-4-5-12/h6-8,10-12H,2-5,9,20H2,1H3,(H,21,22). The number of nitrogens with two attached hydrogens (primary N) is 1. The van der Waals surface area contributed by atoms with E-state index in [0.717, 1.165) is 41.6 Å². The molecule has 1 saturated carbocycles. The molecule has 1 aliphatic rings. The molecule has 0 unspecified atom stereocenters. The first-order valence-electron chi connectivity index (χ1n) is 8.01. The molecule has 122 valence electrons. The average molecular weight is 332 g/mol. The first-order chi connectivity index (χ1) is 11.2. The number of benzene rings is 1. The van der Waals surface area contributed by atoms with E-state index in [0.29, 0.717) is 10.7 Å². The number of rotatable bonds is 7. The van der Waals surface area contributed by atoms with Crippen LogP contribution in [0.25, 0.3) is 11.1 Å². The fourth-order valence-corrected chi connectivity index (χ4v) is 2.97. The van der Waals surface area contributed by atoms with Crippen molar-refractivity contribution in [3.05, 3.63) is 35.5 Å². The molecule has 0 radical (unpaired) electrons. The summed E-state index contributed by atoms with van der Waals surface area (Å²) >= 11 is 6.36. The number of anilines is 2. The molecule has 0 aliphatic heterocycles. The highest BCUT2D eigenvalue weighted by Crippen LogP contribution is 2.37. The van der Waals surface area contributed by atoms with Crippen molar-refractivity contribution in [1.29, 1.82) is 0 Å². The lowest BCUT2D eigenvalue weighted by Crippen LogP contribution is -2.07. The van der Waals surface area contributed by atoms with Crippen LogP contribution < -0.4 is 15.8 Å². The summed E-state index contributed by atoms with van der Waals surface area (Å²) in [6.07, 6.45) is 6.99. The predicted octanol–water partition coefficient (Wildman–Crippen LogP) is 4.59. The first kappa shape index (κ1) is 15.9. The van der Waals surface area contributed by atoms with Crippen LogP contribution in [0.2, 0.25) is 5.02 Å². The lowest BCUT2D eigenvalue weighted by Gasteiger charge is -2.13. The number of halogens is 1. The van der Waals surface area contributed by atoms with Gasteiger partial charge in [-0.15, -0.1) is 0 Å². The molecule has 0 bridgehead atoms. The number of nitrogens with one attached hydrogen (secondary N) is 1. The zero-order chi connectivity index (χ0) is 16.2. The second kappa shape index (κ2) is 7.09. The van der Waals surface area contributed by atoms with E-state index in [9.17, 15) is 0 Å². The van der Waals surface area contributed by atoms with Gasteiger partial charge in [0.25, 0.3) is 0 Å². The van der Waals surface area contributed by atoms with Gasteiger partial charge in [-0.25, -0.2) is 4.98 Å². The fraction of sp³-hybridized carbons (Fsp3) is 0.389. The van der Waals surface area contributed by atoms with Crippen molar-refractivity contribution in [1.82, 2.24) is 4.98 Å². The van der Waals surface area contributed by atoms with Crippen molar-refractivity contribution in [2.45, 2.75) is 25.7 Å². The SMILES string of the molecule is COc1ccc(-c2ccnc(NCCCC3CC3)c2N)c(Cl)c1. The Morgan fingerprint density at radius 1 is 1.30 bits per heavy atom. The maximum Gasteiger partial charge on any atom is 0.149 e. The second-order valence-corrected chi connectivity index (χ2v) is 6.39. The fourth-order valence-electron chi connectivity index (χ4n) is 2.69. The number of aromatic nitrogens is 1. The number of hydrogen-bond acceptors (Lipinski definition) is 4. The van der Waals surface area contributed by atoms with Crippen molar-refractivity contribution >= 4 is 23.1 Å². The van der Waals surface area contributed by atoms with Crippen LogP contribution in [0.1, 0.15) is 25.7 Å². The Labute approximate surface area is 142 Å². The predicted molar refractivity (Wildman–Crippen MR) is 96.1 cm³/mol. The minimum absolute atomic E-state index is 0.613. The topological polar surface area (TPSA) is 60.2 Å². The van der Waals surface area contributed by atoms with Gasteiger partial charge in [-0.05, 0) is 43.0 Å². The molecule has 0 saturated heterocycles. The largest absolute Gasteiger partial charge is 0.497 e. The monoisotopic (exact) mass is 331 g/mol. The van der Waals surface area contributed by atoms with Crippen LogP contribution in [-0.2, 0) is 0 Å². The molecule has 0 atom stereocenters. The molecule has 1 fully saturated rings. The van der Waals surface area contributed by atoms with Gasteiger partial charge < -0.3 is 15.8 Å². The third-order valence-corrected chi connectivity index (χ3v) is 4.55. The van der Waals surface area contributed by atoms with E-state index < -0.39 is 0 Å². The maximum absolute atomic E-state index is 6.36. The molecule has 1 aliphatic carbocycles. The third-order valence-electron chi connectivity index (χ3n) is 4.24. The van der Waals surface area contributed by atoms with Crippen molar-refractivity contribution in [2.24, 2.45) is 5.92 Å². The molecular weight excluding hydrogens is 310 g/mol. The van der Waals surface area contributed by atoms with E-state index in [1.165, 1.54) is 19.3 Å². The van der Waals surface area contributed by atoms with Crippen molar-refractivity contribution in [3.63, 3.8) is 0 Å². The smallest absolute Gasteiger partial charge is 0.149 e. The van der Waals surface area contributed by atoms with E-state index in [2.05, 4.69) is 10.3 Å². The summed E-state index contributed by atoms with van der Waals surface area (Å²) in [6.45, 7) is 0.896. The number of pyridine rings is 1. The van der Waals surface area contributed by atoms with Crippen LogP contribution in [0.15, 0.2) is 30.5 Å². The molecule has 3 N–H and O–H groups in total. The van der Waals surface area contributed by atoms with E-state index in [-0.39, 0.29) is 0 Å². The van der Waals surface area contributed by atoms with Gasteiger partial charge in [-0.2, -0.15) is 0 Å². The van der Waals surface area contributed by atoms with E-state index in [4.69, 9.17) is 22.1 Å². The molecule has 2 aromatic rings. The molecule has 0 amide bonds. The van der Waals surface area contributed by atoms with Crippen LogP contribution in [0.4, 0.5) is 11.5 Å². The Hall–Kier alpha value is -1.94. The Balaban J connectivity index is 1.75. The summed E-state index contributed by atoms with van der Waals surface area (Å²) in [5.74, 6) is 2.40. The summed E-state index contributed by atoms with van der Waals surface area (Å²) < 4.78 is 5.19. The molecule has 3 rings (SSSR count). The first-order valence-corrected chi connectivity index (χ1v) is 8.39. The average Bonchev–Trinajstić information content (AvgIpc) is 3.37. The van der Waals surface area contributed by atoms with Gasteiger partial charge in [0.2, 0.25) is 0 Å². The van der Waals surface area contributed by atoms with Gasteiger partial charge in [0.05, 0.1) is 17.8 Å². The summed E-state index contributed by atoms with van der Waals surface area (Å²) in [5, 5.41) is 3.96. The van der Waals surface area contributed by atoms with Gasteiger partial charge in [0.1, 0.15) is 11.6 Å². The Bertz CT molecular complexity index is 686. The van der Waals surface area contributed by atoms with Crippen molar-refractivity contribution in [3.8, 4) is 16.9 Å². The maximum atomic E-state index is 6.36. The summed E-state index contributed by atoms with van der Waals surface area (Å²) in [6, 6.07) is 7.48. The highest BCUT2D eigenvalue weighted by atomic mass is 35.5. The summed E-state index contributed by atoms with van der Waals surface area (Å²) in [5.41, 5.74) is 8.69. The third kappa shape index (κ3) is 3.88. The molecule has 1 aromatic heterocycles. The van der Waals surface area contributed by atoms with Gasteiger partial charge in [0.15, 0.2) is 0 Å². The zero-order valence-electron chi connectivity index (χ0n) is 13.3. The van der Waals surface area contributed by atoms with Gasteiger partial charge in [-0.1, -0.05) is 24.4 Å². The zero-order valence-corrected chi connectivity index (χ0v) is 14.1. The molecule has 5 heteroatoms. The highest BCUT2D eigenvalue weighted by molar-refractivity contribution is 6.33. The van der Waals surface area contributed by atoms with Crippen molar-refractivity contribution < 1.29 is 4.74 Å². The second-order valence-electron chi connectivity index (χ2n) is 5.98. The molecule has 1 heterocycles. The molecule has 4 nitrogen and oxygen atoms in total. The Morgan fingerprint density at radius 3 is 2.83 bits per heavy atom.